The van der Waals surface area contributed by atoms with E-state index < -0.39 is 18.2 Å². The van der Waals surface area contributed by atoms with Crippen molar-refractivity contribution in [2.75, 3.05) is 6.54 Å². The van der Waals surface area contributed by atoms with Gasteiger partial charge in [-0.2, -0.15) is 13.2 Å². The van der Waals surface area contributed by atoms with Gasteiger partial charge in [-0.15, -0.1) is 0 Å². The summed E-state index contributed by atoms with van der Waals surface area (Å²) in [4.78, 5) is 3.70. The molecule has 2 N–H and O–H groups in total. The Morgan fingerprint density at radius 3 is 2.41 bits per heavy atom. The molecule has 0 spiro atoms. The second-order valence-corrected chi connectivity index (χ2v) is 6.11. The van der Waals surface area contributed by atoms with Crippen LogP contribution < -0.4 is 5.32 Å². The molecule has 126 valence electrons. The number of rotatable bonds is 5. The molecule has 0 aromatic carbocycles. The Labute approximate surface area is 128 Å². The molecule has 1 aliphatic rings. The van der Waals surface area contributed by atoms with E-state index in [9.17, 15) is 18.3 Å². The van der Waals surface area contributed by atoms with Crippen LogP contribution in [0.1, 0.15) is 50.8 Å². The molecule has 22 heavy (non-hydrogen) atoms. The first-order chi connectivity index (χ1) is 10.3. The fourth-order valence-electron chi connectivity index (χ4n) is 3.09. The van der Waals surface area contributed by atoms with Gasteiger partial charge in [-0.3, -0.25) is 0 Å². The van der Waals surface area contributed by atoms with E-state index in [4.69, 9.17) is 0 Å². The standard InChI is InChI=1S/C15H24F3N3O/c1-21-11-10-20-13(21)14(22,15(16,17)18)8-9-19-12-6-4-2-3-5-7-12/h10-12,19,22H,2-9H2,1H3. The van der Waals surface area contributed by atoms with E-state index in [1.165, 1.54) is 36.9 Å². The minimum atomic E-state index is -4.75. The highest BCUT2D eigenvalue weighted by molar-refractivity contribution is 5.08. The quantitative estimate of drug-likeness (QED) is 0.821. The normalized spacial score (nSPS) is 20.6. The molecule has 0 bridgehead atoms. The van der Waals surface area contributed by atoms with Crippen LogP contribution >= 0.6 is 0 Å². The fraction of sp³-hybridized carbons (Fsp3) is 0.800. The molecule has 1 aromatic rings. The van der Waals surface area contributed by atoms with Crippen molar-refractivity contribution in [2.45, 2.75) is 62.8 Å². The predicted octanol–water partition coefficient (Wildman–Crippen LogP) is 2.87. The molecule has 1 fully saturated rings. The van der Waals surface area contributed by atoms with Gasteiger partial charge in [0.25, 0.3) is 0 Å². The summed E-state index contributed by atoms with van der Waals surface area (Å²) in [6.45, 7) is 0.119. The Morgan fingerprint density at radius 1 is 1.27 bits per heavy atom. The van der Waals surface area contributed by atoms with Crippen molar-refractivity contribution in [1.82, 2.24) is 14.9 Å². The summed E-state index contributed by atoms with van der Waals surface area (Å²) in [7, 11) is 1.46. The van der Waals surface area contributed by atoms with Gasteiger partial charge >= 0.3 is 6.18 Å². The number of nitrogens with zero attached hydrogens (tertiary/aromatic N) is 2. The molecule has 4 nitrogen and oxygen atoms in total. The molecule has 0 amide bonds. The molecule has 0 aliphatic heterocycles. The lowest BCUT2D eigenvalue weighted by atomic mass is 9.97. The fourth-order valence-corrected chi connectivity index (χ4v) is 3.09. The lowest BCUT2D eigenvalue weighted by Crippen LogP contribution is -2.47. The maximum Gasteiger partial charge on any atom is 0.424 e. The van der Waals surface area contributed by atoms with Crippen LogP contribution in [-0.4, -0.2) is 33.4 Å². The molecule has 0 radical (unpaired) electrons. The molecule has 7 heteroatoms. The van der Waals surface area contributed by atoms with Gasteiger partial charge in [0.2, 0.25) is 5.60 Å². The first-order valence-electron chi connectivity index (χ1n) is 7.85. The van der Waals surface area contributed by atoms with Gasteiger partial charge in [0.05, 0.1) is 0 Å². The van der Waals surface area contributed by atoms with Crippen LogP contribution in [0.15, 0.2) is 12.4 Å². The van der Waals surface area contributed by atoms with Crippen molar-refractivity contribution in [2.24, 2.45) is 7.05 Å². The number of aryl methyl sites for hydroxylation is 1. The average Bonchev–Trinajstić information content (AvgIpc) is 2.71. The molecular weight excluding hydrogens is 295 g/mol. The van der Waals surface area contributed by atoms with Crippen molar-refractivity contribution < 1.29 is 18.3 Å². The van der Waals surface area contributed by atoms with E-state index in [-0.39, 0.29) is 18.4 Å². The van der Waals surface area contributed by atoms with Crippen LogP contribution in [-0.2, 0) is 12.6 Å². The van der Waals surface area contributed by atoms with E-state index >= 15 is 0 Å². The predicted molar refractivity (Wildman–Crippen MR) is 77.3 cm³/mol. The minimum absolute atomic E-state index is 0.119. The third-order valence-corrected chi connectivity index (χ3v) is 4.44. The van der Waals surface area contributed by atoms with Gasteiger partial charge in [-0.05, 0) is 19.4 Å². The van der Waals surface area contributed by atoms with Gasteiger partial charge in [0, 0.05) is 31.9 Å². The maximum atomic E-state index is 13.3. The van der Waals surface area contributed by atoms with Crippen molar-refractivity contribution in [1.29, 1.82) is 0 Å². The third kappa shape index (κ3) is 3.81. The zero-order valence-corrected chi connectivity index (χ0v) is 12.9. The third-order valence-electron chi connectivity index (χ3n) is 4.44. The zero-order valence-electron chi connectivity index (χ0n) is 12.9. The summed E-state index contributed by atoms with van der Waals surface area (Å²) in [6, 6.07) is 0.251. The van der Waals surface area contributed by atoms with Crippen LogP contribution in [0, 0.1) is 0 Å². The van der Waals surface area contributed by atoms with E-state index in [1.54, 1.807) is 0 Å². The van der Waals surface area contributed by atoms with E-state index in [2.05, 4.69) is 10.3 Å². The summed E-state index contributed by atoms with van der Waals surface area (Å²) in [5, 5.41) is 13.4. The number of alkyl halides is 3. The average molecular weight is 319 g/mol. The molecule has 0 saturated heterocycles. The molecule has 1 atom stereocenters. The van der Waals surface area contributed by atoms with E-state index in [0.29, 0.717) is 0 Å². The van der Waals surface area contributed by atoms with Gasteiger partial charge in [0.15, 0.2) is 0 Å². The Morgan fingerprint density at radius 2 is 1.91 bits per heavy atom. The second kappa shape index (κ2) is 7.00. The summed E-state index contributed by atoms with van der Waals surface area (Å²) >= 11 is 0. The number of hydrogen-bond donors (Lipinski definition) is 2. The maximum absolute atomic E-state index is 13.3. The van der Waals surface area contributed by atoms with Gasteiger partial charge in [-0.25, -0.2) is 4.98 Å². The molecule has 2 rings (SSSR count). The number of aromatic nitrogens is 2. The van der Waals surface area contributed by atoms with Crippen LogP contribution in [0.4, 0.5) is 13.2 Å². The van der Waals surface area contributed by atoms with Crippen molar-refractivity contribution in [3.05, 3.63) is 18.2 Å². The van der Waals surface area contributed by atoms with Gasteiger partial charge in [-0.1, -0.05) is 25.7 Å². The topological polar surface area (TPSA) is 50.1 Å². The largest absolute Gasteiger partial charge is 0.424 e. The van der Waals surface area contributed by atoms with Crippen molar-refractivity contribution in [3.63, 3.8) is 0 Å². The smallest absolute Gasteiger partial charge is 0.374 e. The highest BCUT2D eigenvalue weighted by Gasteiger charge is 2.57. The number of nitrogens with one attached hydrogen (secondary N) is 1. The zero-order chi connectivity index (χ0) is 16.2. The molecule has 1 heterocycles. The van der Waals surface area contributed by atoms with E-state index in [1.807, 2.05) is 0 Å². The van der Waals surface area contributed by atoms with Crippen LogP contribution in [0.3, 0.4) is 0 Å². The minimum Gasteiger partial charge on any atom is -0.374 e. The number of imidazole rings is 1. The number of hydrogen-bond acceptors (Lipinski definition) is 3. The van der Waals surface area contributed by atoms with Crippen LogP contribution in [0.5, 0.6) is 0 Å². The van der Waals surface area contributed by atoms with Crippen molar-refractivity contribution in [3.8, 4) is 0 Å². The van der Waals surface area contributed by atoms with Crippen LogP contribution in [0.2, 0.25) is 0 Å². The lowest BCUT2D eigenvalue weighted by Gasteiger charge is -2.30. The molecular formula is C15H24F3N3O. The summed E-state index contributed by atoms with van der Waals surface area (Å²) < 4.78 is 41.3. The molecule has 1 aromatic heterocycles. The van der Waals surface area contributed by atoms with Gasteiger partial charge in [0.1, 0.15) is 5.82 Å². The molecule has 1 aliphatic carbocycles. The Balaban J connectivity index is 2.00. The highest BCUT2D eigenvalue weighted by Crippen LogP contribution is 2.40. The first-order valence-corrected chi connectivity index (χ1v) is 7.85. The SMILES string of the molecule is Cn1ccnc1C(O)(CCNC1CCCCCC1)C(F)(F)F. The Bertz CT molecular complexity index is 467. The van der Waals surface area contributed by atoms with Crippen LogP contribution in [0.25, 0.3) is 0 Å². The number of halogens is 3. The first kappa shape index (κ1) is 17.3. The molecule has 1 saturated carbocycles. The summed E-state index contributed by atoms with van der Waals surface area (Å²) in [5.74, 6) is -0.359. The lowest BCUT2D eigenvalue weighted by molar-refractivity contribution is -0.272. The van der Waals surface area contributed by atoms with E-state index in [0.717, 1.165) is 25.7 Å². The second-order valence-electron chi connectivity index (χ2n) is 6.11. The Kier molecular flexibility index (Phi) is 5.50. The number of aliphatic hydroxyl groups is 1. The van der Waals surface area contributed by atoms with Crippen molar-refractivity contribution >= 4 is 0 Å². The summed E-state index contributed by atoms with van der Waals surface area (Å²) in [5.41, 5.74) is -2.91. The monoisotopic (exact) mass is 319 g/mol. The Hall–Kier alpha value is -1.08. The van der Waals surface area contributed by atoms with Gasteiger partial charge < -0.3 is 15.0 Å². The highest BCUT2D eigenvalue weighted by atomic mass is 19.4. The molecule has 1 unspecified atom stereocenters. The summed E-state index contributed by atoms with van der Waals surface area (Å²) in [6.07, 6.45) is 4.08.